The van der Waals surface area contributed by atoms with E-state index in [4.69, 9.17) is 10.0 Å². The molecule has 0 amide bonds. The van der Waals surface area contributed by atoms with Gasteiger partial charge in [0.2, 0.25) is 11.8 Å². The third-order valence-corrected chi connectivity index (χ3v) is 2.26. The molecule has 54 valence electrons. The fourth-order valence-electron chi connectivity index (χ4n) is 0.351. The highest BCUT2D eigenvalue weighted by atomic mass is 127. The van der Waals surface area contributed by atoms with Crippen LogP contribution in [0.3, 0.4) is 0 Å². The van der Waals surface area contributed by atoms with E-state index < -0.39 is 7.07 Å². The van der Waals surface area contributed by atoms with Crippen molar-refractivity contribution >= 4 is 41.5 Å². The van der Waals surface area contributed by atoms with Crippen molar-refractivity contribution in [2.24, 2.45) is 5.50 Å². The van der Waals surface area contributed by atoms with Gasteiger partial charge in [-0.25, -0.2) is 0 Å². The van der Waals surface area contributed by atoms with E-state index in [9.17, 15) is 0 Å². The van der Waals surface area contributed by atoms with Gasteiger partial charge in [0, 0.05) is 0 Å². The summed E-state index contributed by atoms with van der Waals surface area (Å²) < 4.78 is 6.18. The lowest BCUT2D eigenvalue weighted by molar-refractivity contribution is 0.352. The minimum Gasteiger partial charge on any atom is -0.153 e. The first-order chi connectivity index (χ1) is 4.27. The lowest BCUT2D eigenvalue weighted by Gasteiger charge is -1.88. The standard InChI is InChI=1S/C4H10INOPS/c5-3-1-2-4-7-8(6)9/h1-4H2,(H2,6,9)/q+1. The summed E-state index contributed by atoms with van der Waals surface area (Å²) in [5.74, 6) is 0. The first-order valence-corrected chi connectivity index (χ1v) is 6.55. The molecule has 0 rings (SSSR count). The molecule has 1 atom stereocenters. The van der Waals surface area contributed by atoms with Crippen molar-refractivity contribution in [1.82, 2.24) is 0 Å². The molecule has 0 aromatic rings. The molecule has 0 radical (unpaired) electrons. The van der Waals surface area contributed by atoms with Crippen molar-refractivity contribution in [1.29, 1.82) is 0 Å². The van der Waals surface area contributed by atoms with Crippen LogP contribution in [0, 0.1) is 0 Å². The molecule has 5 heteroatoms. The van der Waals surface area contributed by atoms with E-state index in [0.29, 0.717) is 0 Å². The van der Waals surface area contributed by atoms with Crippen LogP contribution in [0.1, 0.15) is 12.8 Å². The third kappa shape index (κ3) is 9.17. The zero-order valence-electron chi connectivity index (χ0n) is 5.05. The van der Waals surface area contributed by atoms with Crippen molar-refractivity contribution in [3.05, 3.63) is 0 Å². The lowest BCUT2D eigenvalue weighted by atomic mass is 10.4. The predicted molar refractivity (Wildman–Crippen MR) is 52.5 cm³/mol. The van der Waals surface area contributed by atoms with Crippen LogP contribution in [0.15, 0.2) is 0 Å². The summed E-state index contributed by atoms with van der Waals surface area (Å²) in [6.07, 6.45) is 2.27. The highest BCUT2D eigenvalue weighted by molar-refractivity contribution is 14.1. The second-order valence-electron chi connectivity index (χ2n) is 1.51. The minimum atomic E-state index is -1.04. The fraction of sp³-hybridized carbons (Fsp3) is 1.00. The van der Waals surface area contributed by atoms with Gasteiger partial charge in [-0.3, -0.25) is 0 Å². The van der Waals surface area contributed by atoms with Crippen molar-refractivity contribution in [2.75, 3.05) is 11.0 Å². The number of hydrogen-bond donors (Lipinski definition) is 1. The maximum absolute atomic E-state index is 5.23. The van der Waals surface area contributed by atoms with E-state index in [-0.39, 0.29) is 0 Å². The Hall–Kier alpha value is 1.17. The van der Waals surface area contributed by atoms with Gasteiger partial charge >= 0.3 is 7.07 Å². The van der Waals surface area contributed by atoms with E-state index in [1.807, 2.05) is 0 Å². The molecule has 0 fully saturated rings. The average molecular weight is 278 g/mol. The van der Waals surface area contributed by atoms with Gasteiger partial charge in [0.05, 0.1) is 0 Å². The molecule has 0 saturated carbocycles. The van der Waals surface area contributed by atoms with Gasteiger partial charge in [0.15, 0.2) is 0 Å². The number of nitrogens with two attached hydrogens (primary N) is 1. The zero-order chi connectivity index (χ0) is 7.11. The molecule has 2 N–H and O–H groups in total. The van der Waals surface area contributed by atoms with Crippen LogP contribution in [0.4, 0.5) is 0 Å². The first-order valence-electron chi connectivity index (χ1n) is 2.68. The van der Waals surface area contributed by atoms with Crippen LogP contribution in [-0.4, -0.2) is 11.0 Å². The van der Waals surface area contributed by atoms with Gasteiger partial charge in [-0.2, -0.15) is 4.52 Å². The summed E-state index contributed by atoms with van der Waals surface area (Å²) >= 11 is 6.98. The number of halogens is 1. The SMILES string of the molecule is N[P+](=S)OCCCCI. The summed E-state index contributed by atoms with van der Waals surface area (Å²) in [7, 11) is -1.04. The molecule has 1 unspecified atom stereocenters. The third-order valence-electron chi connectivity index (χ3n) is 0.746. The second kappa shape index (κ2) is 7.28. The average Bonchev–Trinajstić information content (AvgIpc) is 1.80. The minimum absolute atomic E-state index is 0.731. The quantitative estimate of drug-likeness (QED) is 0.361. The smallest absolute Gasteiger partial charge is 0.153 e. The molecule has 2 nitrogen and oxygen atoms in total. The Balaban J connectivity index is 2.83. The van der Waals surface area contributed by atoms with Crippen molar-refractivity contribution in [3.63, 3.8) is 0 Å². The van der Waals surface area contributed by atoms with E-state index in [0.717, 1.165) is 13.0 Å². The van der Waals surface area contributed by atoms with Gasteiger partial charge in [0.25, 0.3) is 0 Å². The molecule has 0 aliphatic rings. The van der Waals surface area contributed by atoms with Crippen molar-refractivity contribution < 1.29 is 4.52 Å². The van der Waals surface area contributed by atoms with Crippen LogP contribution >= 0.6 is 29.7 Å². The summed E-state index contributed by atoms with van der Waals surface area (Å²) in [5, 5.41) is 0. The Morgan fingerprint density at radius 1 is 1.56 bits per heavy atom. The maximum Gasteiger partial charge on any atom is 0.436 e. The number of alkyl halides is 1. The summed E-state index contributed by atoms with van der Waals surface area (Å²) in [6.45, 7) is 0.731. The normalized spacial score (nSPS) is 11.6. The van der Waals surface area contributed by atoms with E-state index in [2.05, 4.69) is 34.4 Å². The van der Waals surface area contributed by atoms with E-state index in [1.54, 1.807) is 0 Å². The summed E-state index contributed by atoms with van der Waals surface area (Å²) in [6, 6.07) is 0. The van der Waals surface area contributed by atoms with Crippen LogP contribution in [0.2, 0.25) is 0 Å². The molecular weight excluding hydrogens is 268 g/mol. The van der Waals surface area contributed by atoms with E-state index in [1.165, 1.54) is 10.8 Å². The molecule has 0 aromatic carbocycles. The van der Waals surface area contributed by atoms with E-state index >= 15 is 0 Å². The fourth-order valence-corrected chi connectivity index (χ4v) is 1.42. The second-order valence-corrected chi connectivity index (χ2v) is 4.50. The predicted octanol–water partition coefficient (Wildman–Crippen LogP) is 1.95. The van der Waals surface area contributed by atoms with Crippen LogP contribution in [0.25, 0.3) is 0 Å². The Morgan fingerprint density at radius 3 is 2.67 bits per heavy atom. The number of hydrogen-bond acceptors (Lipinski definition) is 2. The largest absolute Gasteiger partial charge is 0.436 e. The van der Waals surface area contributed by atoms with Gasteiger partial charge < -0.3 is 0 Å². The molecular formula is C4H10INOPS+. The molecule has 0 saturated heterocycles. The van der Waals surface area contributed by atoms with Crippen LogP contribution in [-0.2, 0) is 16.3 Å². The topological polar surface area (TPSA) is 35.2 Å². The maximum atomic E-state index is 5.23. The van der Waals surface area contributed by atoms with Gasteiger partial charge in [-0.15, -0.1) is 5.50 Å². The first kappa shape index (κ1) is 10.2. The Kier molecular flexibility index (Phi) is 8.23. The number of unbranched alkanes of at least 4 members (excludes halogenated alkanes) is 1. The van der Waals surface area contributed by atoms with Crippen molar-refractivity contribution in [3.8, 4) is 0 Å². The Morgan fingerprint density at radius 2 is 2.22 bits per heavy atom. The Bertz CT molecular complexity index is 92.6. The highest BCUT2D eigenvalue weighted by Gasteiger charge is 2.00. The van der Waals surface area contributed by atoms with Gasteiger partial charge in [-0.05, 0) is 17.3 Å². The molecule has 0 aliphatic carbocycles. The molecule has 0 spiro atoms. The van der Waals surface area contributed by atoms with Gasteiger partial charge in [0.1, 0.15) is 6.61 Å². The van der Waals surface area contributed by atoms with Crippen LogP contribution in [0.5, 0.6) is 0 Å². The molecule has 0 bridgehead atoms. The lowest BCUT2D eigenvalue weighted by Crippen LogP contribution is -1.90. The highest BCUT2D eigenvalue weighted by Crippen LogP contribution is 2.10. The number of rotatable bonds is 5. The molecule has 9 heavy (non-hydrogen) atoms. The molecule has 0 aromatic heterocycles. The summed E-state index contributed by atoms with van der Waals surface area (Å²) in [4.78, 5) is 0. The monoisotopic (exact) mass is 278 g/mol. The zero-order valence-corrected chi connectivity index (χ0v) is 8.92. The Labute approximate surface area is 75.2 Å². The molecule has 0 aliphatic heterocycles. The van der Waals surface area contributed by atoms with Crippen molar-refractivity contribution in [2.45, 2.75) is 12.8 Å². The molecule has 0 heterocycles. The summed E-state index contributed by atoms with van der Waals surface area (Å²) in [5.41, 5.74) is 5.23. The van der Waals surface area contributed by atoms with Crippen LogP contribution < -0.4 is 5.50 Å². The van der Waals surface area contributed by atoms with Gasteiger partial charge in [-0.1, -0.05) is 22.6 Å².